The molecule has 0 rings (SSSR count). The van der Waals surface area contributed by atoms with Crippen molar-refractivity contribution in [3.05, 3.63) is 0 Å². The number of hydrogen-bond acceptors (Lipinski definition) is 15. The van der Waals surface area contributed by atoms with Crippen LogP contribution < -0.4 is 0 Å². The fourth-order valence-corrected chi connectivity index (χ4v) is 11.2. The molecular formula is C65H126O17P2. The van der Waals surface area contributed by atoms with Crippen LogP contribution >= 0.6 is 15.6 Å². The van der Waals surface area contributed by atoms with Gasteiger partial charge in [0.1, 0.15) is 19.3 Å². The topological polar surface area (TPSA) is 237 Å². The smallest absolute Gasteiger partial charge is 0.462 e. The van der Waals surface area contributed by atoms with Gasteiger partial charge in [-0.15, -0.1) is 0 Å². The maximum Gasteiger partial charge on any atom is 0.472 e. The van der Waals surface area contributed by atoms with E-state index in [9.17, 15) is 43.2 Å². The van der Waals surface area contributed by atoms with Crippen molar-refractivity contribution >= 4 is 39.5 Å². The molecule has 0 saturated heterocycles. The Hall–Kier alpha value is -1.94. The Morgan fingerprint density at radius 2 is 0.548 bits per heavy atom. The van der Waals surface area contributed by atoms with Gasteiger partial charge < -0.3 is 33.8 Å². The standard InChI is InChI=1S/C65H126O17P2/c1-8-9-10-11-12-13-14-15-16-17-20-24-34-41-48-64(69)81-60(52-75-62(67)46-39-32-23-21-18-19-22-29-36-43-56(2)3)54-79-83(71,72)77-50-59(66)51-78-84(73,74)80-55-61(82-65(70)49-42-35-28-26-31-38-45-58(6)7)53-76-63(68)47-40-33-27-25-30-37-44-57(4)5/h56-61,66H,8-55H2,1-7H3,(H,71,72)(H,73,74)/t59-,60-,61-/m1/s1. The first-order valence-corrected chi connectivity index (χ1v) is 36.8. The number of carbonyl (C=O) groups is 4. The van der Waals surface area contributed by atoms with Gasteiger partial charge in [0.15, 0.2) is 12.2 Å². The maximum atomic E-state index is 13.0. The van der Waals surface area contributed by atoms with Gasteiger partial charge in [-0.25, -0.2) is 9.13 Å². The Balaban J connectivity index is 5.24. The minimum Gasteiger partial charge on any atom is -0.462 e. The minimum atomic E-state index is -4.95. The number of phosphoric ester groups is 2. The molecule has 17 nitrogen and oxygen atoms in total. The normalized spacial score (nSPS) is 14.3. The predicted molar refractivity (Wildman–Crippen MR) is 335 cm³/mol. The predicted octanol–water partition coefficient (Wildman–Crippen LogP) is 17.9. The van der Waals surface area contributed by atoms with Crippen LogP contribution in [0.25, 0.3) is 0 Å². The lowest BCUT2D eigenvalue weighted by atomic mass is 10.0. The van der Waals surface area contributed by atoms with Crippen molar-refractivity contribution in [2.24, 2.45) is 17.8 Å². The molecule has 0 aromatic heterocycles. The fraction of sp³-hybridized carbons (Fsp3) is 0.938. The number of aliphatic hydroxyl groups is 1. The van der Waals surface area contributed by atoms with E-state index in [1.807, 2.05) is 0 Å². The van der Waals surface area contributed by atoms with Crippen LogP contribution in [0.2, 0.25) is 0 Å². The minimum absolute atomic E-state index is 0.101. The Morgan fingerprint density at radius 1 is 0.321 bits per heavy atom. The quantitative estimate of drug-likeness (QED) is 0.0222. The largest absolute Gasteiger partial charge is 0.472 e. The summed E-state index contributed by atoms with van der Waals surface area (Å²) in [5.41, 5.74) is 0. The zero-order valence-corrected chi connectivity index (χ0v) is 56.1. The molecule has 0 aromatic carbocycles. The number of esters is 4. The number of hydrogen-bond donors (Lipinski definition) is 3. The number of carbonyl (C=O) groups excluding carboxylic acids is 4. The lowest BCUT2D eigenvalue weighted by molar-refractivity contribution is -0.161. The van der Waals surface area contributed by atoms with E-state index in [1.165, 1.54) is 122 Å². The average molecular weight is 1240 g/mol. The summed E-state index contributed by atoms with van der Waals surface area (Å²) in [5, 5.41) is 10.5. The second-order valence-corrected chi connectivity index (χ2v) is 27.8. The molecule has 0 saturated carbocycles. The summed E-state index contributed by atoms with van der Waals surface area (Å²) in [5.74, 6) is -0.0462. The van der Waals surface area contributed by atoms with Gasteiger partial charge in [-0.1, -0.05) is 267 Å². The third kappa shape index (κ3) is 59.0. The van der Waals surface area contributed by atoms with Crippen molar-refractivity contribution < 1.29 is 80.2 Å². The van der Waals surface area contributed by atoms with Gasteiger partial charge in [0.2, 0.25) is 0 Å². The zero-order chi connectivity index (χ0) is 62.4. The van der Waals surface area contributed by atoms with E-state index in [4.69, 9.17) is 37.0 Å². The summed E-state index contributed by atoms with van der Waals surface area (Å²) in [4.78, 5) is 72.2. The molecule has 0 spiro atoms. The summed E-state index contributed by atoms with van der Waals surface area (Å²) in [6, 6.07) is 0. The van der Waals surface area contributed by atoms with E-state index in [0.29, 0.717) is 37.5 Å². The summed E-state index contributed by atoms with van der Waals surface area (Å²) >= 11 is 0. The van der Waals surface area contributed by atoms with Gasteiger partial charge in [0.25, 0.3) is 0 Å². The van der Waals surface area contributed by atoms with Gasteiger partial charge in [0.05, 0.1) is 26.4 Å². The molecule has 0 amide bonds. The first kappa shape index (κ1) is 82.1. The van der Waals surface area contributed by atoms with Crippen LogP contribution in [0.15, 0.2) is 0 Å². The van der Waals surface area contributed by atoms with Crippen LogP contribution in [0.5, 0.6) is 0 Å². The van der Waals surface area contributed by atoms with Gasteiger partial charge in [-0.3, -0.25) is 37.3 Å². The summed E-state index contributed by atoms with van der Waals surface area (Å²) in [6.07, 6.45) is 37.9. The van der Waals surface area contributed by atoms with E-state index >= 15 is 0 Å². The summed E-state index contributed by atoms with van der Waals surface area (Å²) in [7, 11) is -9.89. The molecule has 498 valence electrons. The number of aliphatic hydroxyl groups excluding tert-OH is 1. The highest BCUT2D eigenvalue weighted by Gasteiger charge is 2.30. The molecular weight excluding hydrogens is 1110 g/mol. The molecule has 0 aliphatic heterocycles. The van der Waals surface area contributed by atoms with E-state index in [2.05, 4.69) is 48.5 Å². The Kier molecular flexibility index (Phi) is 55.0. The second kappa shape index (κ2) is 56.3. The Morgan fingerprint density at radius 3 is 0.810 bits per heavy atom. The first-order chi connectivity index (χ1) is 40.2. The number of rotatable bonds is 63. The maximum absolute atomic E-state index is 13.0. The fourth-order valence-electron chi connectivity index (χ4n) is 9.66. The Bertz CT molecular complexity index is 1660. The number of phosphoric acid groups is 2. The van der Waals surface area contributed by atoms with Crippen molar-refractivity contribution in [1.82, 2.24) is 0 Å². The number of ether oxygens (including phenoxy) is 4. The lowest BCUT2D eigenvalue weighted by Crippen LogP contribution is -2.30. The van der Waals surface area contributed by atoms with Crippen molar-refractivity contribution in [2.75, 3.05) is 39.6 Å². The van der Waals surface area contributed by atoms with E-state index < -0.39 is 97.5 Å². The second-order valence-electron chi connectivity index (χ2n) is 24.9. The first-order valence-electron chi connectivity index (χ1n) is 33.8. The van der Waals surface area contributed by atoms with Crippen LogP contribution in [0.4, 0.5) is 0 Å². The molecule has 0 aromatic rings. The highest BCUT2D eigenvalue weighted by Crippen LogP contribution is 2.45. The molecule has 3 N–H and O–H groups in total. The Labute approximate surface area is 511 Å². The number of unbranched alkanes of at least 4 members (excludes halogenated alkanes) is 31. The third-order valence-corrected chi connectivity index (χ3v) is 16.8. The highest BCUT2D eigenvalue weighted by atomic mass is 31.2. The van der Waals surface area contributed by atoms with E-state index in [-0.39, 0.29) is 25.7 Å². The van der Waals surface area contributed by atoms with Crippen LogP contribution in [0.1, 0.15) is 318 Å². The molecule has 0 radical (unpaired) electrons. The average Bonchev–Trinajstić information content (AvgIpc) is 3.48. The molecule has 0 bridgehead atoms. The molecule has 2 unspecified atom stereocenters. The van der Waals surface area contributed by atoms with Gasteiger partial charge in [0, 0.05) is 25.7 Å². The van der Waals surface area contributed by atoms with Gasteiger partial charge in [-0.2, -0.15) is 0 Å². The van der Waals surface area contributed by atoms with Crippen molar-refractivity contribution in [1.29, 1.82) is 0 Å². The highest BCUT2D eigenvalue weighted by molar-refractivity contribution is 7.47. The molecule has 0 heterocycles. The van der Waals surface area contributed by atoms with E-state index in [1.54, 1.807) is 0 Å². The lowest BCUT2D eigenvalue weighted by Gasteiger charge is -2.21. The monoisotopic (exact) mass is 1240 g/mol. The van der Waals surface area contributed by atoms with Gasteiger partial charge in [-0.05, 0) is 43.4 Å². The van der Waals surface area contributed by atoms with Crippen LogP contribution in [-0.2, 0) is 65.4 Å². The van der Waals surface area contributed by atoms with E-state index in [0.717, 1.165) is 102 Å². The molecule has 5 atom stereocenters. The van der Waals surface area contributed by atoms with Crippen LogP contribution in [0.3, 0.4) is 0 Å². The van der Waals surface area contributed by atoms with Crippen molar-refractivity contribution in [2.45, 2.75) is 336 Å². The molecule has 19 heteroatoms. The van der Waals surface area contributed by atoms with Crippen molar-refractivity contribution in [3.63, 3.8) is 0 Å². The molecule has 0 aliphatic rings. The zero-order valence-electron chi connectivity index (χ0n) is 54.4. The molecule has 0 aliphatic carbocycles. The summed E-state index contributed by atoms with van der Waals surface area (Å²) in [6.45, 7) is 11.6. The third-order valence-electron chi connectivity index (χ3n) is 14.9. The van der Waals surface area contributed by atoms with Crippen LogP contribution in [0, 0.1) is 17.8 Å². The molecule has 0 fully saturated rings. The van der Waals surface area contributed by atoms with Crippen LogP contribution in [-0.4, -0.2) is 96.7 Å². The van der Waals surface area contributed by atoms with Crippen molar-refractivity contribution in [3.8, 4) is 0 Å². The molecule has 84 heavy (non-hydrogen) atoms. The van der Waals surface area contributed by atoms with Gasteiger partial charge >= 0.3 is 39.5 Å². The SMILES string of the molecule is CCCCCCCCCCCCCCCCC(=O)O[C@H](COC(=O)CCCCCCCCCCCC(C)C)COP(=O)(O)OC[C@@H](O)COP(=O)(O)OC[C@@H](COC(=O)CCCCCCCCC(C)C)OC(=O)CCCCCCCCC(C)C. The summed E-state index contributed by atoms with van der Waals surface area (Å²) < 4.78 is 68.0.